The molecule has 0 saturated heterocycles. The van der Waals surface area contributed by atoms with E-state index >= 15 is 0 Å². The molecule has 0 unspecified atom stereocenters. The molecule has 0 radical (unpaired) electrons. The summed E-state index contributed by atoms with van der Waals surface area (Å²) in [7, 11) is 3.27. The quantitative estimate of drug-likeness (QED) is 0.776. The minimum Gasteiger partial charge on any atom is -0.493 e. The monoisotopic (exact) mass is 414 g/mol. The lowest BCUT2D eigenvalue weighted by atomic mass is 10.2. The first-order chi connectivity index (χ1) is 10.1. The maximum atomic E-state index is 5.30. The number of nitrogens with one attached hydrogen (secondary N) is 1. The Morgan fingerprint density at radius 3 is 2.48 bits per heavy atom. The molecule has 2 aromatic rings. The summed E-state index contributed by atoms with van der Waals surface area (Å²) in [6, 6.07) is 7.87. The maximum Gasteiger partial charge on any atom is 0.161 e. The largest absolute Gasteiger partial charge is 0.493 e. The third kappa shape index (κ3) is 4.43. The number of ether oxygens (including phenoxy) is 2. The fourth-order valence-corrected chi connectivity index (χ4v) is 3.02. The van der Waals surface area contributed by atoms with Crippen LogP contribution in [0.25, 0.3) is 0 Å². The molecule has 0 spiro atoms. The Hall–Kier alpha value is -1.11. The summed E-state index contributed by atoms with van der Waals surface area (Å²) >= 11 is 6.90. The highest BCUT2D eigenvalue weighted by Gasteiger charge is 2.05. The van der Waals surface area contributed by atoms with Gasteiger partial charge in [-0.1, -0.05) is 6.07 Å². The maximum absolute atomic E-state index is 5.30. The Kier molecular flexibility index (Phi) is 6.02. The SMILES string of the molecule is COc1ccc(CNCc2ncc(Br)cc2Br)cc1OC. The molecule has 0 amide bonds. The van der Waals surface area contributed by atoms with Crippen molar-refractivity contribution in [2.75, 3.05) is 14.2 Å². The van der Waals surface area contributed by atoms with Gasteiger partial charge in [-0.3, -0.25) is 4.98 Å². The molecule has 0 aliphatic rings. The van der Waals surface area contributed by atoms with Gasteiger partial charge in [0.05, 0.1) is 19.9 Å². The molecule has 6 heteroatoms. The van der Waals surface area contributed by atoms with Crippen molar-refractivity contribution < 1.29 is 9.47 Å². The summed E-state index contributed by atoms with van der Waals surface area (Å²) in [5.41, 5.74) is 2.10. The van der Waals surface area contributed by atoms with Crippen molar-refractivity contribution in [3.63, 3.8) is 0 Å². The number of benzene rings is 1. The number of nitrogens with zero attached hydrogens (tertiary/aromatic N) is 1. The minimum atomic E-state index is 0.683. The average molecular weight is 416 g/mol. The predicted molar refractivity (Wildman–Crippen MR) is 89.7 cm³/mol. The van der Waals surface area contributed by atoms with Crippen LogP contribution >= 0.6 is 31.9 Å². The average Bonchev–Trinajstić information content (AvgIpc) is 2.49. The second kappa shape index (κ2) is 7.77. The molecule has 21 heavy (non-hydrogen) atoms. The number of methoxy groups -OCH3 is 2. The van der Waals surface area contributed by atoms with Crippen molar-refractivity contribution in [2.45, 2.75) is 13.1 Å². The molecule has 112 valence electrons. The lowest BCUT2D eigenvalue weighted by Gasteiger charge is -2.10. The summed E-state index contributed by atoms with van der Waals surface area (Å²) in [5, 5.41) is 3.36. The Labute approximate surface area is 141 Å². The molecule has 0 aliphatic carbocycles. The highest BCUT2D eigenvalue weighted by Crippen LogP contribution is 2.27. The first kappa shape index (κ1) is 16.3. The summed E-state index contributed by atoms with van der Waals surface area (Å²) in [4.78, 5) is 4.37. The Balaban J connectivity index is 1.97. The molecule has 1 N–H and O–H groups in total. The summed E-state index contributed by atoms with van der Waals surface area (Å²) in [6.07, 6.45) is 1.79. The fraction of sp³-hybridized carbons (Fsp3) is 0.267. The van der Waals surface area contributed by atoms with Gasteiger partial charge in [0.2, 0.25) is 0 Å². The molecule has 0 atom stereocenters. The topological polar surface area (TPSA) is 43.4 Å². The van der Waals surface area contributed by atoms with Gasteiger partial charge in [-0.05, 0) is 55.6 Å². The standard InChI is InChI=1S/C15H16Br2N2O2/c1-20-14-4-3-10(5-15(14)21-2)7-18-9-13-12(17)6-11(16)8-19-13/h3-6,8,18H,7,9H2,1-2H3. The van der Waals surface area contributed by atoms with Gasteiger partial charge in [0.15, 0.2) is 11.5 Å². The zero-order chi connectivity index (χ0) is 15.2. The number of hydrogen-bond acceptors (Lipinski definition) is 4. The molecule has 4 nitrogen and oxygen atoms in total. The first-order valence-corrected chi connectivity index (χ1v) is 7.94. The number of rotatable bonds is 6. The normalized spacial score (nSPS) is 10.5. The smallest absolute Gasteiger partial charge is 0.161 e. The van der Waals surface area contributed by atoms with Gasteiger partial charge < -0.3 is 14.8 Å². The molecule has 1 heterocycles. The third-order valence-electron chi connectivity index (χ3n) is 2.95. The second-order valence-electron chi connectivity index (χ2n) is 4.37. The zero-order valence-electron chi connectivity index (χ0n) is 11.8. The zero-order valence-corrected chi connectivity index (χ0v) is 15.0. The molecule has 0 saturated carbocycles. The van der Waals surface area contributed by atoms with Crippen LogP contribution in [0, 0.1) is 0 Å². The minimum absolute atomic E-state index is 0.683. The van der Waals surface area contributed by atoms with E-state index in [1.807, 2.05) is 24.3 Å². The van der Waals surface area contributed by atoms with Gasteiger partial charge in [-0.15, -0.1) is 0 Å². The van der Waals surface area contributed by atoms with E-state index in [1.54, 1.807) is 20.4 Å². The summed E-state index contributed by atoms with van der Waals surface area (Å²) < 4.78 is 12.5. The van der Waals surface area contributed by atoms with Crippen molar-refractivity contribution in [3.05, 3.63) is 50.7 Å². The first-order valence-electron chi connectivity index (χ1n) is 6.35. The van der Waals surface area contributed by atoms with Crippen LogP contribution in [-0.4, -0.2) is 19.2 Å². The Morgan fingerprint density at radius 2 is 1.81 bits per heavy atom. The Bertz CT molecular complexity index is 621. The van der Waals surface area contributed by atoms with Gasteiger partial charge in [0.25, 0.3) is 0 Å². The summed E-state index contributed by atoms with van der Waals surface area (Å²) in [5.74, 6) is 1.47. The molecule has 0 bridgehead atoms. The molecular weight excluding hydrogens is 400 g/mol. The van der Waals surface area contributed by atoms with Crippen molar-refractivity contribution in [1.82, 2.24) is 10.3 Å². The number of aromatic nitrogens is 1. The fourth-order valence-electron chi connectivity index (χ4n) is 1.89. The highest BCUT2D eigenvalue weighted by molar-refractivity contribution is 9.11. The van der Waals surface area contributed by atoms with E-state index in [0.717, 1.165) is 38.2 Å². The van der Waals surface area contributed by atoms with Crippen LogP contribution in [0.15, 0.2) is 39.4 Å². The van der Waals surface area contributed by atoms with Crippen LogP contribution < -0.4 is 14.8 Å². The molecule has 1 aromatic carbocycles. The van der Waals surface area contributed by atoms with Crippen LogP contribution in [0.3, 0.4) is 0 Å². The molecule has 0 fully saturated rings. The van der Waals surface area contributed by atoms with Crippen LogP contribution in [0.2, 0.25) is 0 Å². The van der Waals surface area contributed by atoms with E-state index in [4.69, 9.17) is 9.47 Å². The molecule has 1 aromatic heterocycles. The Morgan fingerprint density at radius 1 is 1.05 bits per heavy atom. The molecular formula is C15H16Br2N2O2. The van der Waals surface area contributed by atoms with E-state index in [9.17, 15) is 0 Å². The van der Waals surface area contributed by atoms with E-state index < -0.39 is 0 Å². The van der Waals surface area contributed by atoms with E-state index in [0.29, 0.717) is 6.54 Å². The number of pyridine rings is 1. The lowest BCUT2D eigenvalue weighted by molar-refractivity contribution is 0.354. The molecule has 0 aliphatic heterocycles. The third-order valence-corrected chi connectivity index (χ3v) is 4.07. The summed E-state index contributed by atoms with van der Waals surface area (Å²) in [6.45, 7) is 1.41. The van der Waals surface area contributed by atoms with Crippen LogP contribution in [0.5, 0.6) is 11.5 Å². The second-order valence-corrected chi connectivity index (χ2v) is 6.14. The van der Waals surface area contributed by atoms with Gasteiger partial charge in [0.1, 0.15) is 0 Å². The van der Waals surface area contributed by atoms with E-state index in [-0.39, 0.29) is 0 Å². The van der Waals surface area contributed by atoms with Crippen LogP contribution in [-0.2, 0) is 13.1 Å². The predicted octanol–water partition coefficient (Wildman–Crippen LogP) is 3.91. The lowest BCUT2D eigenvalue weighted by Crippen LogP contribution is -2.14. The van der Waals surface area contributed by atoms with Crippen molar-refractivity contribution in [2.24, 2.45) is 0 Å². The van der Waals surface area contributed by atoms with E-state index in [2.05, 4.69) is 42.2 Å². The van der Waals surface area contributed by atoms with E-state index in [1.165, 1.54) is 0 Å². The van der Waals surface area contributed by atoms with Crippen molar-refractivity contribution in [1.29, 1.82) is 0 Å². The highest BCUT2D eigenvalue weighted by atomic mass is 79.9. The van der Waals surface area contributed by atoms with Crippen LogP contribution in [0.1, 0.15) is 11.3 Å². The number of halogens is 2. The van der Waals surface area contributed by atoms with Gasteiger partial charge in [-0.25, -0.2) is 0 Å². The van der Waals surface area contributed by atoms with Crippen LogP contribution in [0.4, 0.5) is 0 Å². The van der Waals surface area contributed by atoms with Gasteiger partial charge >= 0.3 is 0 Å². The molecule has 2 rings (SSSR count). The van der Waals surface area contributed by atoms with Crippen molar-refractivity contribution in [3.8, 4) is 11.5 Å². The van der Waals surface area contributed by atoms with Gasteiger partial charge in [-0.2, -0.15) is 0 Å². The van der Waals surface area contributed by atoms with Crippen molar-refractivity contribution >= 4 is 31.9 Å². The number of hydrogen-bond donors (Lipinski definition) is 1. The van der Waals surface area contributed by atoms with Gasteiger partial charge in [0, 0.05) is 28.2 Å².